The molecule has 26 heavy (non-hydrogen) atoms. The highest BCUT2D eigenvalue weighted by atomic mass is 32.1. The van der Waals surface area contributed by atoms with Gasteiger partial charge in [0, 0.05) is 18.9 Å². The van der Waals surface area contributed by atoms with E-state index in [1.165, 1.54) is 13.3 Å². The Bertz CT molecular complexity index is 809. The van der Waals surface area contributed by atoms with E-state index in [0.29, 0.717) is 28.7 Å². The van der Waals surface area contributed by atoms with E-state index in [2.05, 4.69) is 27.4 Å². The summed E-state index contributed by atoms with van der Waals surface area (Å²) < 4.78 is 10.6. The molecule has 7 nitrogen and oxygen atoms in total. The third-order valence-corrected chi connectivity index (χ3v) is 3.31. The van der Waals surface area contributed by atoms with Gasteiger partial charge < -0.3 is 14.8 Å². The number of aromatic nitrogens is 1. The maximum atomic E-state index is 12.1. The predicted octanol–water partition coefficient (Wildman–Crippen LogP) is 2.29. The summed E-state index contributed by atoms with van der Waals surface area (Å²) in [6.45, 7) is 4.13. The van der Waals surface area contributed by atoms with Crippen molar-refractivity contribution in [3.8, 4) is 11.5 Å². The van der Waals surface area contributed by atoms with E-state index in [-0.39, 0.29) is 0 Å². The van der Waals surface area contributed by atoms with Crippen LogP contribution in [0.2, 0.25) is 0 Å². The second-order valence-electron chi connectivity index (χ2n) is 4.91. The van der Waals surface area contributed by atoms with Gasteiger partial charge in [0.15, 0.2) is 16.6 Å². The number of thiocarbonyl (C=S) groups is 1. The molecule has 1 heterocycles. The molecule has 8 heteroatoms. The number of carbonyl (C=O) groups excluding carboxylic acids is 1. The van der Waals surface area contributed by atoms with E-state index < -0.39 is 5.97 Å². The van der Waals surface area contributed by atoms with Crippen molar-refractivity contribution in [3.05, 3.63) is 66.5 Å². The number of methoxy groups -OCH3 is 1. The predicted molar refractivity (Wildman–Crippen MR) is 104 cm³/mol. The smallest absolute Gasteiger partial charge is 0.345 e. The number of hydrogen-bond acceptors (Lipinski definition) is 6. The molecule has 0 fully saturated rings. The summed E-state index contributed by atoms with van der Waals surface area (Å²) in [5, 5.41) is 7.30. The molecule has 2 aromatic rings. The molecule has 0 unspecified atom stereocenters. The highest BCUT2D eigenvalue weighted by molar-refractivity contribution is 7.80. The summed E-state index contributed by atoms with van der Waals surface area (Å²) in [5.74, 6) is 0.186. The maximum absolute atomic E-state index is 12.1. The van der Waals surface area contributed by atoms with Crippen LogP contribution < -0.4 is 20.2 Å². The van der Waals surface area contributed by atoms with Crippen molar-refractivity contribution in [1.29, 1.82) is 0 Å². The van der Waals surface area contributed by atoms with Crippen LogP contribution in [0, 0.1) is 0 Å². The van der Waals surface area contributed by atoms with Crippen molar-refractivity contribution in [3.63, 3.8) is 0 Å². The van der Waals surface area contributed by atoms with Crippen molar-refractivity contribution in [2.45, 2.75) is 0 Å². The molecule has 0 radical (unpaired) electrons. The van der Waals surface area contributed by atoms with Gasteiger partial charge in [-0.2, -0.15) is 5.10 Å². The number of ether oxygens (including phenoxy) is 2. The van der Waals surface area contributed by atoms with Gasteiger partial charge in [-0.25, -0.2) is 4.79 Å². The Morgan fingerprint density at radius 3 is 2.92 bits per heavy atom. The maximum Gasteiger partial charge on any atom is 0.345 e. The lowest BCUT2D eigenvalue weighted by Gasteiger charge is -2.10. The molecule has 0 aliphatic carbocycles. The number of carbonyl (C=O) groups is 1. The number of nitrogens with zero attached hydrogens (tertiary/aromatic N) is 2. The number of nitrogens with one attached hydrogen (secondary N) is 2. The molecule has 0 saturated heterocycles. The Labute approximate surface area is 156 Å². The van der Waals surface area contributed by atoms with Gasteiger partial charge in [0.25, 0.3) is 0 Å². The molecule has 0 aliphatic heterocycles. The highest BCUT2D eigenvalue weighted by Gasteiger charge is 2.12. The molecule has 2 rings (SSSR count). The average Bonchev–Trinajstić information content (AvgIpc) is 2.68. The van der Waals surface area contributed by atoms with E-state index in [0.717, 1.165) is 5.56 Å². The van der Waals surface area contributed by atoms with E-state index in [1.807, 2.05) is 0 Å². The molecular weight excluding hydrogens is 352 g/mol. The van der Waals surface area contributed by atoms with Gasteiger partial charge in [0.2, 0.25) is 0 Å². The van der Waals surface area contributed by atoms with Crippen LogP contribution in [0.3, 0.4) is 0 Å². The number of rotatable bonds is 7. The van der Waals surface area contributed by atoms with Gasteiger partial charge in [-0.15, -0.1) is 6.58 Å². The number of hydrogen-bond donors (Lipinski definition) is 2. The van der Waals surface area contributed by atoms with Crippen LogP contribution in [0.1, 0.15) is 15.9 Å². The third-order valence-electron chi connectivity index (χ3n) is 3.07. The average molecular weight is 370 g/mol. The zero-order valence-electron chi connectivity index (χ0n) is 14.1. The van der Waals surface area contributed by atoms with Crippen LogP contribution in [0.25, 0.3) is 0 Å². The molecule has 0 atom stereocenters. The SMILES string of the molecule is C=CCNC(=S)N/N=C/c1ccc(OC(=O)c2cccnc2)c(OC)c1. The third kappa shape index (κ3) is 5.67. The van der Waals surface area contributed by atoms with Crippen LogP contribution in [0.4, 0.5) is 0 Å². The van der Waals surface area contributed by atoms with Crippen LogP contribution in [0.5, 0.6) is 11.5 Å². The summed E-state index contributed by atoms with van der Waals surface area (Å²) in [6.07, 6.45) is 6.27. The molecule has 134 valence electrons. The van der Waals surface area contributed by atoms with Crippen LogP contribution in [-0.4, -0.2) is 35.9 Å². The second kappa shape index (κ2) is 9.90. The van der Waals surface area contributed by atoms with E-state index >= 15 is 0 Å². The molecule has 1 aromatic heterocycles. The Morgan fingerprint density at radius 1 is 1.38 bits per heavy atom. The zero-order chi connectivity index (χ0) is 18.8. The topological polar surface area (TPSA) is 84.8 Å². The highest BCUT2D eigenvalue weighted by Crippen LogP contribution is 2.28. The molecule has 1 aromatic carbocycles. The monoisotopic (exact) mass is 370 g/mol. The minimum absolute atomic E-state index is 0.301. The number of hydrazone groups is 1. The summed E-state index contributed by atoms with van der Waals surface area (Å²) in [4.78, 5) is 16.0. The first kappa shape index (κ1) is 19.1. The summed E-state index contributed by atoms with van der Waals surface area (Å²) in [5.41, 5.74) is 3.77. The number of pyridine rings is 1. The molecule has 2 N–H and O–H groups in total. The van der Waals surface area contributed by atoms with Crippen molar-refractivity contribution in [2.24, 2.45) is 5.10 Å². The van der Waals surface area contributed by atoms with E-state index in [4.69, 9.17) is 21.7 Å². The Balaban J connectivity index is 2.03. The molecule has 0 spiro atoms. The fraction of sp³-hybridized carbons (Fsp3) is 0.111. The first-order valence-corrected chi connectivity index (χ1v) is 8.03. The van der Waals surface area contributed by atoms with Gasteiger partial charge in [-0.05, 0) is 48.1 Å². The summed E-state index contributed by atoms with van der Waals surface area (Å²) in [7, 11) is 1.49. The number of benzene rings is 1. The van der Waals surface area contributed by atoms with Crippen LogP contribution >= 0.6 is 12.2 Å². The lowest BCUT2D eigenvalue weighted by Crippen LogP contribution is -2.31. The fourth-order valence-corrected chi connectivity index (χ4v) is 2.00. The van der Waals surface area contributed by atoms with Gasteiger partial charge in [-0.1, -0.05) is 6.08 Å². The van der Waals surface area contributed by atoms with E-state index in [9.17, 15) is 4.79 Å². The second-order valence-corrected chi connectivity index (χ2v) is 5.32. The fourth-order valence-electron chi connectivity index (χ4n) is 1.86. The van der Waals surface area contributed by atoms with Crippen molar-refractivity contribution >= 4 is 29.5 Å². The first-order chi connectivity index (χ1) is 12.6. The normalized spacial score (nSPS) is 10.2. The van der Waals surface area contributed by atoms with Gasteiger partial charge in [-0.3, -0.25) is 10.4 Å². The lowest BCUT2D eigenvalue weighted by atomic mass is 10.2. The summed E-state index contributed by atoms with van der Waals surface area (Å²) in [6, 6.07) is 8.34. The van der Waals surface area contributed by atoms with Crippen LogP contribution in [-0.2, 0) is 0 Å². The first-order valence-electron chi connectivity index (χ1n) is 7.62. The van der Waals surface area contributed by atoms with Crippen molar-refractivity contribution in [1.82, 2.24) is 15.7 Å². The van der Waals surface area contributed by atoms with Crippen LogP contribution in [0.15, 0.2) is 60.5 Å². The van der Waals surface area contributed by atoms with Gasteiger partial charge in [0.1, 0.15) is 0 Å². The van der Waals surface area contributed by atoms with Crippen molar-refractivity contribution in [2.75, 3.05) is 13.7 Å². The Kier molecular flexibility index (Phi) is 7.26. The Hall–Kier alpha value is -3.26. The van der Waals surface area contributed by atoms with Gasteiger partial charge in [0.05, 0.1) is 18.9 Å². The van der Waals surface area contributed by atoms with Gasteiger partial charge >= 0.3 is 5.97 Å². The molecule has 0 aliphatic rings. The standard InChI is InChI=1S/C18H18N4O3S/c1-3-8-20-18(26)22-21-11-13-6-7-15(16(10-13)24-2)25-17(23)14-5-4-9-19-12-14/h3-7,9-12H,1,8H2,2H3,(H2,20,22,26)/b21-11+. The summed E-state index contributed by atoms with van der Waals surface area (Å²) >= 11 is 5.03. The Morgan fingerprint density at radius 2 is 2.23 bits per heavy atom. The molecule has 0 amide bonds. The minimum Gasteiger partial charge on any atom is -0.493 e. The number of esters is 1. The quantitative estimate of drug-likeness (QED) is 0.193. The molecule has 0 bridgehead atoms. The largest absolute Gasteiger partial charge is 0.493 e. The van der Waals surface area contributed by atoms with E-state index in [1.54, 1.807) is 48.8 Å². The lowest BCUT2D eigenvalue weighted by molar-refractivity contribution is 0.0729. The zero-order valence-corrected chi connectivity index (χ0v) is 15.0. The minimum atomic E-state index is -0.516. The molecule has 0 saturated carbocycles. The molecular formula is C18H18N4O3S. The van der Waals surface area contributed by atoms with Crippen molar-refractivity contribution < 1.29 is 14.3 Å².